The second-order valence-electron chi connectivity index (χ2n) is 5.26. The molecule has 0 radical (unpaired) electrons. The third-order valence-electron chi connectivity index (χ3n) is 3.95. The molecule has 0 spiro atoms. The molecule has 2 N–H and O–H groups in total. The Kier molecular flexibility index (Phi) is 3.01. The van der Waals surface area contributed by atoms with Crippen molar-refractivity contribution < 1.29 is 9.90 Å². The van der Waals surface area contributed by atoms with Gasteiger partial charge in [-0.3, -0.25) is 10.1 Å². The molecule has 1 unspecified atom stereocenters. The van der Waals surface area contributed by atoms with Crippen LogP contribution in [0.3, 0.4) is 0 Å². The molecule has 0 saturated heterocycles. The van der Waals surface area contributed by atoms with Crippen LogP contribution in [-0.4, -0.2) is 22.7 Å². The molecule has 2 aliphatic rings. The molecule has 2 rings (SSSR count). The number of hydrogen-bond acceptors (Lipinski definition) is 2. The van der Waals surface area contributed by atoms with Crippen LogP contribution in [0.5, 0.6) is 0 Å². The average molecular weight is 211 g/mol. The summed E-state index contributed by atoms with van der Waals surface area (Å²) in [5.74, 6) is -0.313. The first kappa shape index (κ1) is 10.9. The van der Waals surface area contributed by atoms with Gasteiger partial charge in [0.1, 0.15) is 5.54 Å². The van der Waals surface area contributed by atoms with Gasteiger partial charge >= 0.3 is 5.97 Å². The normalized spacial score (nSPS) is 27.3. The van der Waals surface area contributed by atoms with E-state index >= 15 is 0 Å². The van der Waals surface area contributed by atoms with Crippen molar-refractivity contribution in [2.75, 3.05) is 0 Å². The Balaban J connectivity index is 1.96. The van der Waals surface area contributed by atoms with E-state index in [0.29, 0.717) is 12.0 Å². The van der Waals surface area contributed by atoms with Crippen LogP contribution in [0.15, 0.2) is 0 Å². The minimum Gasteiger partial charge on any atom is -0.480 e. The fraction of sp³-hybridized carbons (Fsp3) is 0.917. The summed E-state index contributed by atoms with van der Waals surface area (Å²) in [5, 5.41) is 12.7. The smallest absolute Gasteiger partial charge is 0.323 e. The van der Waals surface area contributed by atoms with Gasteiger partial charge in [0.05, 0.1) is 0 Å². The summed E-state index contributed by atoms with van der Waals surface area (Å²) >= 11 is 0. The Hall–Kier alpha value is -0.570. The Morgan fingerprint density at radius 3 is 2.27 bits per heavy atom. The molecule has 2 fully saturated rings. The highest BCUT2D eigenvalue weighted by Gasteiger charge is 2.48. The zero-order chi connectivity index (χ0) is 10.9. The Morgan fingerprint density at radius 2 is 1.80 bits per heavy atom. The van der Waals surface area contributed by atoms with E-state index in [1.165, 1.54) is 19.3 Å². The predicted molar refractivity (Wildman–Crippen MR) is 58.8 cm³/mol. The van der Waals surface area contributed by atoms with Gasteiger partial charge in [0.25, 0.3) is 0 Å². The van der Waals surface area contributed by atoms with Crippen molar-refractivity contribution in [1.82, 2.24) is 5.32 Å². The maximum atomic E-state index is 11.3. The maximum absolute atomic E-state index is 11.3. The lowest BCUT2D eigenvalue weighted by Crippen LogP contribution is -2.55. The van der Waals surface area contributed by atoms with Gasteiger partial charge < -0.3 is 5.11 Å². The molecule has 0 amide bonds. The van der Waals surface area contributed by atoms with Crippen molar-refractivity contribution >= 4 is 5.97 Å². The van der Waals surface area contributed by atoms with E-state index < -0.39 is 11.5 Å². The summed E-state index contributed by atoms with van der Waals surface area (Å²) in [6.45, 7) is 1.86. The minimum absolute atomic E-state index is 0.358. The fourth-order valence-corrected chi connectivity index (χ4v) is 2.69. The molecule has 15 heavy (non-hydrogen) atoms. The Labute approximate surface area is 91.2 Å². The number of carbonyl (C=O) groups is 1. The van der Waals surface area contributed by atoms with Crippen LogP contribution in [0.1, 0.15) is 51.9 Å². The first-order valence-electron chi connectivity index (χ1n) is 6.14. The summed E-state index contributed by atoms with van der Waals surface area (Å²) in [6.07, 6.45) is 8.25. The second kappa shape index (κ2) is 4.12. The summed E-state index contributed by atoms with van der Waals surface area (Å²) in [4.78, 5) is 11.3. The molecule has 2 saturated carbocycles. The van der Waals surface area contributed by atoms with Crippen LogP contribution >= 0.6 is 0 Å². The first-order valence-corrected chi connectivity index (χ1v) is 6.14. The van der Waals surface area contributed by atoms with Crippen LogP contribution in [0.2, 0.25) is 0 Å². The van der Waals surface area contributed by atoms with Gasteiger partial charge in [-0.2, -0.15) is 0 Å². The number of aliphatic carboxylic acids is 1. The lowest BCUT2D eigenvalue weighted by Gasteiger charge is -2.33. The van der Waals surface area contributed by atoms with Crippen LogP contribution in [-0.2, 0) is 4.79 Å². The number of nitrogens with one attached hydrogen (secondary N) is 1. The number of carboxylic acids is 1. The van der Waals surface area contributed by atoms with E-state index in [4.69, 9.17) is 0 Å². The third-order valence-corrected chi connectivity index (χ3v) is 3.95. The van der Waals surface area contributed by atoms with Gasteiger partial charge in [-0.1, -0.05) is 19.3 Å². The molecule has 0 aromatic heterocycles. The van der Waals surface area contributed by atoms with E-state index in [1.54, 1.807) is 0 Å². The molecule has 0 aromatic rings. The monoisotopic (exact) mass is 211 g/mol. The standard InChI is InChI=1S/C12H21NO2/c1-12(11(14)15,9-7-8-9)13-10-5-3-2-4-6-10/h9-10,13H,2-8H2,1H3,(H,14,15). The zero-order valence-electron chi connectivity index (χ0n) is 9.46. The molecule has 3 nitrogen and oxygen atoms in total. The van der Waals surface area contributed by atoms with Gasteiger partial charge in [-0.05, 0) is 38.5 Å². The van der Waals surface area contributed by atoms with Gasteiger partial charge in [-0.25, -0.2) is 0 Å². The van der Waals surface area contributed by atoms with Gasteiger partial charge in [0, 0.05) is 6.04 Å². The van der Waals surface area contributed by atoms with Gasteiger partial charge in [0.2, 0.25) is 0 Å². The van der Waals surface area contributed by atoms with Gasteiger partial charge in [-0.15, -0.1) is 0 Å². The van der Waals surface area contributed by atoms with Crippen LogP contribution in [0, 0.1) is 5.92 Å². The van der Waals surface area contributed by atoms with Crippen molar-refractivity contribution in [1.29, 1.82) is 0 Å². The molecule has 2 aliphatic carbocycles. The van der Waals surface area contributed by atoms with Crippen molar-refractivity contribution in [2.45, 2.75) is 63.5 Å². The summed E-state index contributed by atoms with van der Waals surface area (Å²) < 4.78 is 0. The number of carboxylic acid groups (broad SMARTS) is 1. The zero-order valence-corrected chi connectivity index (χ0v) is 9.46. The summed E-state index contributed by atoms with van der Waals surface area (Å²) in [5.41, 5.74) is -0.665. The lowest BCUT2D eigenvalue weighted by atomic mass is 9.89. The molecule has 86 valence electrons. The molecule has 0 bridgehead atoms. The average Bonchev–Trinajstić information content (AvgIpc) is 3.02. The van der Waals surface area contributed by atoms with Crippen molar-refractivity contribution in [3.63, 3.8) is 0 Å². The first-order chi connectivity index (χ1) is 7.13. The largest absolute Gasteiger partial charge is 0.480 e. The van der Waals surface area contributed by atoms with Crippen LogP contribution in [0.25, 0.3) is 0 Å². The highest BCUT2D eigenvalue weighted by atomic mass is 16.4. The topological polar surface area (TPSA) is 49.3 Å². The molecule has 1 atom stereocenters. The molecule has 0 heterocycles. The molecular formula is C12H21NO2. The number of hydrogen-bond donors (Lipinski definition) is 2. The minimum atomic E-state index is -0.671. The fourth-order valence-electron chi connectivity index (χ4n) is 2.69. The van der Waals surface area contributed by atoms with Crippen molar-refractivity contribution in [3.05, 3.63) is 0 Å². The highest BCUT2D eigenvalue weighted by molar-refractivity contribution is 5.79. The second-order valence-corrected chi connectivity index (χ2v) is 5.26. The summed E-state index contributed by atoms with van der Waals surface area (Å²) in [6, 6.07) is 0.431. The molecule has 0 aliphatic heterocycles. The van der Waals surface area contributed by atoms with Crippen molar-refractivity contribution in [2.24, 2.45) is 5.92 Å². The van der Waals surface area contributed by atoms with E-state index in [9.17, 15) is 9.90 Å². The lowest BCUT2D eigenvalue weighted by molar-refractivity contribution is -0.145. The quantitative estimate of drug-likeness (QED) is 0.749. The van der Waals surface area contributed by atoms with Crippen molar-refractivity contribution in [3.8, 4) is 0 Å². The Morgan fingerprint density at radius 1 is 1.20 bits per heavy atom. The highest BCUT2D eigenvalue weighted by Crippen LogP contribution is 2.40. The van der Waals surface area contributed by atoms with E-state index in [-0.39, 0.29) is 0 Å². The third kappa shape index (κ3) is 2.33. The Bertz CT molecular complexity index is 244. The summed E-state index contributed by atoms with van der Waals surface area (Å²) in [7, 11) is 0. The molecular weight excluding hydrogens is 190 g/mol. The van der Waals surface area contributed by atoms with E-state index in [0.717, 1.165) is 25.7 Å². The van der Waals surface area contributed by atoms with Gasteiger partial charge in [0.15, 0.2) is 0 Å². The predicted octanol–water partition coefficient (Wildman–Crippen LogP) is 2.16. The number of rotatable bonds is 4. The maximum Gasteiger partial charge on any atom is 0.323 e. The molecule has 3 heteroatoms. The SMILES string of the molecule is CC(NC1CCCCC1)(C(=O)O)C1CC1. The van der Waals surface area contributed by atoms with E-state index in [1.807, 2.05) is 6.92 Å². The van der Waals surface area contributed by atoms with Crippen LogP contribution in [0.4, 0.5) is 0 Å². The molecule has 0 aromatic carbocycles. The van der Waals surface area contributed by atoms with Crippen LogP contribution < -0.4 is 5.32 Å². The van der Waals surface area contributed by atoms with E-state index in [2.05, 4.69) is 5.32 Å².